The monoisotopic (exact) mass is 376 g/mol. The summed E-state index contributed by atoms with van der Waals surface area (Å²) in [4.78, 5) is 0.510. The van der Waals surface area contributed by atoms with Crippen molar-refractivity contribution in [2.24, 2.45) is 11.8 Å². The molecule has 2 fully saturated rings. The van der Waals surface area contributed by atoms with Crippen molar-refractivity contribution in [3.8, 4) is 0 Å². The van der Waals surface area contributed by atoms with Crippen LogP contribution in [0, 0.1) is 18.8 Å². The van der Waals surface area contributed by atoms with Crippen LogP contribution in [-0.4, -0.2) is 17.6 Å². The topological polar surface area (TPSA) is 34.1 Å². The minimum atomic E-state index is -3.10. The molecule has 2 nitrogen and oxygen atoms in total. The second-order valence-electron chi connectivity index (χ2n) is 5.51. The highest BCUT2D eigenvalue weighted by atomic mass is 127. The van der Waals surface area contributed by atoms with Gasteiger partial charge in [0.25, 0.3) is 0 Å². The zero-order valence-corrected chi connectivity index (χ0v) is 13.3. The first kappa shape index (κ1) is 12.9. The molecule has 1 aromatic rings. The fraction of sp³-hybridized carbons (Fsp3) is 0.571. The maximum atomic E-state index is 12.6. The summed E-state index contributed by atoms with van der Waals surface area (Å²) in [6.45, 7) is 1.98. The van der Waals surface area contributed by atoms with Crippen LogP contribution in [0.2, 0.25) is 0 Å². The molecular weight excluding hydrogens is 359 g/mol. The first-order chi connectivity index (χ1) is 8.51. The van der Waals surface area contributed by atoms with Crippen molar-refractivity contribution in [2.45, 2.75) is 40.3 Å². The van der Waals surface area contributed by atoms with E-state index in [1.54, 1.807) is 12.1 Å². The third kappa shape index (κ3) is 2.01. The number of hydrogen-bond donors (Lipinski definition) is 0. The third-order valence-corrected chi connectivity index (χ3v) is 8.06. The standard InChI is InChI=1S/C14H17IO2S/c1-9-5-7-10(8-6-9)18(16,17)14-11-3-2-4-12(15)13(11)14/h5-8,11-14H,2-4H2,1H3/t11-,12-,13-,14?/m0/s1. The van der Waals surface area contributed by atoms with Crippen molar-refractivity contribution in [2.75, 3.05) is 0 Å². The number of sulfone groups is 1. The summed E-state index contributed by atoms with van der Waals surface area (Å²) < 4.78 is 25.8. The Morgan fingerprint density at radius 2 is 1.83 bits per heavy atom. The minimum Gasteiger partial charge on any atom is -0.223 e. The number of fused-ring (bicyclic) bond motifs is 1. The van der Waals surface area contributed by atoms with Gasteiger partial charge < -0.3 is 0 Å². The highest BCUT2D eigenvalue weighted by Gasteiger charge is 2.61. The Morgan fingerprint density at radius 1 is 1.17 bits per heavy atom. The average Bonchev–Trinajstić information content (AvgIpc) is 3.06. The van der Waals surface area contributed by atoms with Gasteiger partial charge in [0.05, 0.1) is 10.1 Å². The van der Waals surface area contributed by atoms with Gasteiger partial charge >= 0.3 is 0 Å². The summed E-state index contributed by atoms with van der Waals surface area (Å²) in [5.41, 5.74) is 1.11. The highest BCUT2D eigenvalue weighted by Crippen LogP contribution is 2.57. The van der Waals surface area contributed by atoms with Gasteiger partial charge in [-0.2, -0.15) is 0 Å². The molecule has 0 radical (unpaired) electrons. The first-order valence-corrected chi connectivity index (χ1v) is 9.25. The summed E-state index contributed by atoms with van der Waals surface area (Å²) in [6, 6.07) is 7.30. The van der Waals surface area contributed by atoms with Crippen LogP contribution in [-0.2, 0) is 9.84 Å². The molecule has 18 heavy (non-hydrogen) atoms. The zero-order valence-electron chi connectivity index (χ0n) is 10.3. The molecule has 2 aliphatic carbocycles. The van der Waals surface area contributed by atoms with Gasteiger partial charge in [0.15, 0.2) is 9.84 Å². The molecule has 3 rings (SSSR count). The first-order valence-electron chi connectivity index (χ1n) is 6.46. The summed E-state index contributed by atoms with van der Waals surface area (Å²) in [5.74, 6) is 0.831. The predicted octanol–water partition coefficient (Wildman–Crippen LogP) is 3.37. The lowest BCUT2D eigenvalue weighted by atomic mass is 10.0. The van der Waals surface area contributed by atoms with E-state index in [-0.39, 0.29) is 5.25 Å². The molecule has 0 bridgehead atoms. The van der Waals surface area contributed by atoms with Crippen molar-refractivity contribution in [1.29, 1.82) is 0 Å². The molecule has 1 unspecified atom stereocenters. The summed E-state index contributed by atoms with van der Waals surface area (Å²) in [5, 5.41) is -0.107. The van der Waals surface area contributed by atoms with Crippen LogP contribution in [0.4, 0.5) is 0 Å². The number of aryl methyl sites for hydroxylation is 1. The van der Waals surface area contributed by atoms with Crippen LogP contribution in [0.5, 0.6) is 0 Å². The second kappa shape index (κ2) is 4.47. The van der Waals surface area contributed by atoms with Crippen molar-refractivity contribution in [1.82, 2.24) is 0 Å². The van der Waals surface area contributed by atoms with Gasteiger partial charge in [-0.1, -0.05) is 46.7 Å². The molecule has 0 amide bonds. The fourth-order valence-corrected chi connectivity index (χ4v) is 7.29. The Hall–Kier alpha value is -0.100. The Bertz CT molecular complexity index is 550. The lowest BCUT2D eigenvalue weighted by Gasteiger charge is -2.13. The van der Waals surface area contributed by atoms with E-state index in [2.05, 4.69) is 22.6 Å². The fourth-order valence-electron chi connectivity index (χ4n) is 3.26. The van der Waals surface area contributed by atoms with Crippen LogP contribution < -0.4 is 0 Å². The SMILES string of the molecule is Cc1ccc(S(=O)(=O)C2[C@H]3[C@@H]2CCC[C@@H]3I)cc1. The number of benzene rings is 1. The number of rotatable bonds is 2. The summed E-state index contributed by atoms with van der Waals surface area (Å²) >= 11 is 2.44. The van der Waals surface area contributed by atoms with Gasteiger partial charge in [0, 0.05) is 3.92 Å². The molecular formula is C14H17IO2S. The van der Waals surface area contributed by atoms with Gasteiger partial charge in [-0.05, 0) is 43.7 Å². The maximum absolute atomic E-state index is 12.6. The number of hydrogen-bond acceptors (Lipinski definition) is 2. The van der Waals surface area contributed by atoms with E-state index >= 15 is 0 Å². The van der Waals surface area contributed by atoms with Crippen LogP contribution in [0.15, 0.2) is 29.2 Å². The molecule has 0 N–H and O–H groups in total. The molecule has 0 saturated heterocycles. The molecule has 0 spiro atoms. The van der Waals surface area contributed by atoms with E-state index in [9.17, 15) is 8.42 Å². The van der Waals surface area contributed by atoms with Crippen LogP contribution in [0.3, 0.4) is 0 Å². The van der Waals surface area contributed by atoms with E-state index in [0.717, 1.165) is 12.0 Å². The molecule has 98 valence electrons. The molecule has 0 heterocycles. The van der Waals surface area contributed by atoms with E-state index in [0.29, 0.717) is 20.7 Å². The molecule has 2 aliphatic rings. The van der Waals surface area contributed by atoms with Crippen molar-refractivity contribution < 1.29 is 8.42 Å². The molecule has 2 saturated carbocycles. The Labute approximate surface area is 122 Å². The molecule has 4 atom stereocenters. The Balaban J connectivity index is 1.90. The molecule has 4 heteroatoms. The summed E-state index contributed by atoms with van der Waals surface area (Å²) in [7, 11) is -3.10. The zero-order chi connectivity index (χ0) is 12.9. The largest absolute Gasteiger partial charge is 0.223 e. The van der Waals surface area contributed by atoms with E-state index < -0.39 is 9.84 Å². The highest BCUT2D eigenvalue weighted by molar-refractivity contribution is 14.1. The number of alkyl halides is 1. The predicted molar refractivity (Wildman–Crippen MR) is 80.8 cm³/mol. The molecule has 0 aromatic heterocycles. The normalized spacial score (nSPS) is 35.0. The third-order valence-electron chi connectivity index (χ3n) is 4.30. The van der Waals surface area contributed by atoms with Crippen LogP contribution in [0.1, 0.15) is 24.8 Å². The smallest absolute Gasteiger partial charge is 0.181 e. The van der Waals surface area contributed by atoms with E-state index in [1.807, 2.05) is 19.1 Å². The molecule has 1 aromatic carbocycles. The minimum absolute atomic E-state index is 0.107. The van der Waals surface area contributed by atoms with Crippen molar-refractivity contribution in [3.05, 3.63) is 29.8 Å². The molecule has 0 aliphatic heterocycles. The maximum Gasteiger partial charge on any atom is 0.181 e. The van der Waals surface area contributed by atoms with Crippen LogP contribution in [0.25, 0.3) is 0 Å². The average molecular weight is 376 g/mol. The lowest BCUT2D eigenvalue weighted by Crippen LogP contribution is -2.13. The van der Waals surface area contributed by atoms with E-state index in [4.69, 9.17) is 0 Å². The van der Waals surface area contributed by atoms with Crippen LogP contribution >= 0.6 is 22.6 Å². The van der Waals surface area contributed by atoms with Crippen molar-refractivity contribution in [3.63, 3.8) is 0 Å². The van der Waals surface area contributed by atoms with Crippen molar-refractivity contribution >= 4 is 32.4 Å². The van der Waals surface area contributed by atoms with Gasteiger partial charge in [-0.15, -0.1) is 0 Å². The Kier molecular flexibility index (Phi) is 3.21. The quantitative estimate of drug-likeness (QED) is 0.586. The van der Waals surface area contributed by atoms with Gasteiger partial charge in [-0.3, -0.25) is 0 Å². The second-order valence-corrected chi connectivity index (χ2v) is 9.22. The summed E-state index contributed by atoms with van der Waals surface area (Å²) in [6.07, 6.45) is 3.47. The Morgan fingerprint density at radius 3 is 2.44 bits per heavy atom. The van der Waals surface area contributed by atoms with E-state index in [1.165, 1.54) is 12.8 Å². The van der Waals surface area contributed by atoms with Gasteiger partial charge in [0.2, 0.25) is 0 Å². The van der Waals surface area contributed by atoms with Gasteiger partial charge in [-0.25, -0.2) is 8.42 Å². The lowest BCUT2D eigenvalue weighted by molar-refractivity contribution is 0.503. The van der Waals surface area contributed by atoms with Gasteiger partial charge in [0.1, 0.15) is 0 Å². The number of halogens is 1.